The molecule has 4 atom stereocenters. The SMILES string of the molecule is CC1CCC(C)N1C(=O)[C@H]1CCN[C@@H](C)C1.Cl. The van der Waals surface area contributed by atoms with E-state index < -0.39 is 0 Å². The Morgan fingerprint density at radius 1 is 1.12 bits per heavy atom. The van der Waals surface area contributed by atoms with Crippen molar-refractivity contribution in [3.63, 3.8) is 0 Å². The lowest BCUT2D eigenvalue weighted by Gasteiger charge is -2.34. The van der Waals surface area contributed by atoms with E-state index in [9.17, 15) is 4.79 Å². The quantitative estimate of drug-likeness (QED) is 0.784. The van der Waals surface area contributed by atoms with Crippen molar-refractivity contribution in [1.29, 1.82) is 0 Å². The second-order valence-corrected chi connectivity index (χ2v) is 5.60. The maximum atomic E-state index is 12.5. The summed E-state index contributed by atoms with van der Waals surface area (Å²) in [5, 5.41) is 3.41. The van der Waals surface area contributed by atoms with Crippen LogP contribution in [0, 0.1) is 5.92 Å². The largest absolute Gasteiger partial charge is 0.337 e. The van der Waals surface area contributed by atoms with E-state index in [1.54, 1.807) is 0 Å². The molecule has 0 aliphatic carbocycles. The van der Waals surface area contributed by atoms with E-state index in [1.807, 2.05) is 0 Å². The van der Waals surface area contributed by atoms with Crippen molar-refractivity contribution in [2.75, 3.05) is 6.54 Å². The summed E-state index contributed by atoms with van der Waals surface area (Å²) in [5.74, 6) is 0.671. The Morgan fingerprint density at radius 2 is 1.71 bits per heavy atom. The Morgan fingerprint density at radius 3 is 2.24 bits per heavy atom. The molecular weight excluding hydrogens is 236 g/mol. The van der Waals surface area contributed by atoms with E-state index in [-0.39, 0.29) is 18.3 Å². The molecule has 17 heavy (non-hydrogen) atoms. The first-order chi connectivity index (χ1) is 7.59. The van der Waals surface area contributed by atoms with Crippen LogP contribution in [0.15, 0.2) is 0 Å². The Hall–Kier alpha value is -0.280. The summed E-state index contributed by atoms with van der Waals surface area (Å²) in [6.45, 7) is 7.54. The Kier molecular flexibility index (Phi) is 5.26. The van der Waals surface area contributed by atoms with Crippen LogP contribution in [-0.4, -0.2) is 35.5 Å². The molecule has 0 aromatic carbocycles. The zero-order chi connectivity index (χ0) is 11.7. The predicted octanol–water partition coefficient (Wildman–Crippen LogP) is 2.20. The minimum Gasteiger partial charge on any atom is -0.337 e. The number of nitrogens with zero attached hydrogens (tertiary/aromatic N) is 1. The monoisotopic (exact) mass is 260 g/mol. The van der Waals surface area contributed by atoms with E-state index in [0.717, 1.165) is 19.4 Å². The van der Waals surface area contributed by atoms with Crippen LogP contribution < -0.4 is 5.32 Å². The molecule has 2 aliphatic heterocycles. The number of likely N-dealkylation sites (tertiary alicyclic amines) is 1. The Balaban J connectivity index is 0.00000144. The first-order valence-electron chi connectivity index (χ1n) is 6.65. The molecule has 4 heteroatoms. The third-order valence-electron chi connectivity index (χ3n) is 4.18. The number of amides is 1. The maximum absolute atomic E-state index is 12.5. The number of hydrogen-bond donors (Lipinski definition) is 1. The van der Waals surface area contributed by atoms with E-state index >= 15 is 0 Å². The fraction of sp³-hybridized carbons (Fsp3) is 0.923. The van der Waals surface area contributed by atoms with E-state index in [2.05, 4.69) is 31.0 Å². The molecule has 3 nitrogen and oxygen atoms in total. The van der Waals surface area contributed by atoms with Crippen molar-refractivity contribution in [2.24, 2.45) is 5.92 Å². The van der Waals surface area contributed by atoms with Gasteiger partial charge in [-0.1, -0.05) is 0 Å². The van der Waals surface area contributed by atoms with Gasteiger partial charge in [0, 0.05) is 24.0 Å². The van der Waals surface area contributed by atoms with Gasteiger partial charge in [0.2, 0.25) is 5.91 Å². The van der Waals surface area contributed by atoms with Crippen LogP contribution in [0.2, 0.25) is 0 Å². The molecule has 2 unspecified atom stereocenters. The summed E-state index contributed by atoms with van der Waals surface area (Å²) in [5.41, 5.74) is 0. The smallest absolute Gasteiger partial charge is 0.226 e. The third-order valence-corrected chi connectivity index (χ3v) is 4.18. The van der Waals surface area contributed by atoms with Gasteiger partial charge in [-0.15, -0.1) is 12.4 Å². The average Bonchev–Trinajstić information content (AvgIpc) is 2.58. The first kappa shape index (κ1) is 14.8. The number of carbonyl (C=O) groups is 1. The highest BCUT2D eigenvalue weighted by Gasteiger charge is 2.36. The standard InChI is InChI=1S/C13H24N2O.ClH/c1-9-8-12(6-7-14-9)13(16)15-10(2)4-5-11(15)3;/h9-12,14H,4-8H2,1-3H3;1H/t9-,10?,11?,12-;/m0./s1. The molecule has 2 fully saturated rings. The Labute approximate surface area is 111 Å². The molecule has 0 bridgehead atoms. The van der Waals surface area contributed by atoms with Gasteiger partial charge in [0.25, 0.3) is 0 Å². The lowest BCUT2D eigenvalue weighted by molar-refractivity contribution is -0.139. The highest BCUT2D eigenvalue weighted by atomic mass is 35.5. The molecule has 2 rings (SSSR count). The van der Waals surface area contributed by atoms with Crippen LogP contribution in [0.3, 0.4) is 0 Å². The van der Waals surface area contributed by atoms with Gasteiger partial charge in [0.15, 0.2) is 0 Å². The maximum Gasteiger partial charge on any atom is 0.226 e. The molecule has 0 spiro atoms. The van der Waals surface area contributed by atoms with Gasteiger partial charge >= 0.3 is 0 Å². The number of hydrogen-bond acceptors (Lipinski definition) is 2. The number of halogens is 1. The second kappa shape index (κ2) is 6.05. The molecule has 100 valence electrons. The lowest BCUT2D eigenvalue weighted by Crippen LogP contribution is -2.47. The molecule has 0 aromatic heterocycles. The molecule has 2 saturated heterocycles. The van der Waals surface area contributed by atoms with Crippen molar-refractivity contribution < 1.29 is 4.79 Å². The molecular formula is C13H25ClN2O. The fourth-order valence-corrected chi connectivity index (χ4v) is 3.20. The van der Waals surface area contributed by atoms with Crippen molar-refractivity contribution >= 4 is 18.3 Å². The van der Waals surface area contributed by atoms with Gasteiger partial charge in [-0.25, -0.2) is 0 Å². The molecule has 0 saturated carbocycles. The molecule has 0 radical (unpaired) electrons. The van der Waals surface area contributed by atoms with E-state index in [1.165, 1.54) is 12.8 Å². The third kappa shape index (κ3) is 3.14. The summed E-state index contributed by atoms with van der Waals surface area (Å²) in [7, 11) is 0. The van der Waals surface area contributed by atoms with E-state index in [0.29, 0.717) is 24.0 Å². The number of rotatable bonds is 1. The van der Waals surface area contributed by atoms with Gasteiger partial charge < -0.3 is 10.2 Å². The summed E-state index contributed by atoms with van der Waals surface area (Å²) in [6.07, 6.45) is 4.37. The van der Waals surface area contributed by atoms with Crippen molar-refractivity contribution in [2.45, 2.75) is 64.6 Å². The summed E-state index contributed by atoms with van der Waals surface area (Å²) in [4.78, 5) is 14.6. The number of nitrogens with one attached hydrogen (secondary N) is 1. The molecule has 2 heterocycles. The van der Waals surface area contributed by atoms with Crippen LogP contribution in [0.5, 0.6) is 0 Å². The predicted molar refractivity (Wildman–Crippen MR) is 72.4 cm³/mol. The molecule has 1 amide bonds. The van der Waals surface area contributed by atoms with Crippen molar-refractivity contribution in [3.8, 4) is 0 Å². The zero-order valence-electron chi connectivity index (χ0n) is 11.1. The minimum atomic E-state index is 0. The van der Waals surface area contributed by atoms with Crippen molar-refractivity contribution in [3.05, 3.63) is 0 Å². The Bertz CT molecular complexity index is 262. The number of piperidine rings is 1. The fourth-order valence-electron chi connectivity index (χ4n) is 3.20. The van der Waals surface area contributed by atoms with Gasteiger partial charge in [-0.05, 0) is 53.0 Å². The summed E-state index contributed by atoms with van der Waals surface area (Å²) < 4.78 is 0. The first-order valence-corrected chi connectivity index (χ1v) is 6.65. The van der Waals surface area contributed by atoms with Crippen molar-refractivity contribution in [1.82, 2.24) is 10.2 Å². The van der Waals surface area contributed by atoms with Gasteiger partial charge in [0.1, 0.15) is 0 Å². The molecule has 2 aliphatic rings. The minimum absolute atomic E-state index is 0. The number of carbonyl (C=O) groups excluding carboxylic acids is 1. The molecule has 0 aromatic rings. The topological polar surface area (TPSA) is 32.3 Å². The van der Waals surface area contributed by atoms with E-state index in [4.69, 9.17) is 0 Å². The average molecular weight is 261 g/mol. The van der Waals surface area contributed by atoms with Gasteiger partial charge in [0.05, 0.1) is 0 Å². The lowest BCUT2D eigenvalue weighted by atomic mass is 9.91. The zero-order valence-corrected chi connectivity index (χ0v) is 11.9. The van der Waals surface area contributed by atoms with Crippen LogP contribution >= 0.6 is 12.4 Å². The summed E-state index contributed by atoms with van der Waals surface area (Å²) >= 11 is 0. The van der Waals surface area contributed by atoms with Crippen LogP contribution in [-0.2, 0) is 4.79 Å². The van der Waals surface area contributed by atoms with Gasteiger partial charge in [-0.3, -0.25) is 4.79 Å². The second-order valence-electron chi connectivity index (χ2n) is 5.60. The highest BCUT2D eigenvalue weighted by Crippen LogP contribution is 2.28. The van der Waals surface area contributed by atoms with Crippen LogP contribution in [0.4, 0.5) is 0 Å². The van der Waals surface area contributed by atoms with Crippen LogP contribution in [0.1, 0.15) is 46.5 Å². The van der Waals surface area contributed by atoms with Gasteiger partial charge in [-0.2, -0.15) is 0 Å². The molecule has 1 N–H and O–H groups in total. The highest BCUT2D eigenvalue weighted by molar-refractivity contribution is 5.85. The normalized spacial score (nSPS) is 37.7. The van der Waals surface area contributed by atoms with Crippen LogP contribution in [0.25, 0.3) is 0 Å². The summed E-state index contributed by atoms with van der Waals surface area (Å²) in [6, 6.07) is 1.40.